The fraction of sp³-hybridized carbons (Fsp3) is 0.167. The Kier molecular flexibility index (Phi) is 3.09. The summed E-state index contributed by atoms with van der Waals surface area (Å²) in [5, 5.41) is 15.9. The molecule has 0 fully saturated rings. The summed E-state index contributed by atoms with van der Waals surface area (Å²) in [4.78, 5) is 10.8. The van der Waals surface area contributed by atoms with E-state index in [0.717, 1.165) is 11.4 Å². The van der Waals surface area contributed by atoms with E-state index in [1.54, 1.807) is 17.8 Å². The van der Waals surface area contributed by atoms with Gasteiger partial charge in [-0.3, -0.25) is 4.79 Å². The quantitative estimate of drug-likeness (QED) is 0.841. The Labute approximate surface area is 98.7 Å². The van der Waals surface area contributed by atoms with Crippen molar-refractivity contribution in [3.05, 3.63) is 42.7 Å². The van der Waals surface area contributed by atoms with E-state index in [1.807, 2.05) is 36.5 Å². The van der Waals surface area contributed by atoms with Crippen LogP contribution in [0.15, 0.2) is 42.7 Å². The lowest BCUT2D eigenvalue weighted by atomic mass is 10.2. The van der Waals surface area contributed by atoms with Crippen LogP contribution in [0, 0.1) is 0 Å². The molecule has 2 N–H and O–H groups in total. The minimum Gasteiger partial charge on any atom is -0.480 e. The highest BCUT2D eigenvalue weighted by Crippen LogP contribution is 2.19. The van der Waals surface area contributed by atoms with E-state index in [-0.39, 0.29) is 0 Å². The first-order valence-electron chi connectivity index (χ1n) is 5.27. The van der Waals surface area contributed by atoms with Crippen LogP contribution >= 0.6 is 0 Å². The molecule has 5 nitrogen and oxygen atoms in total. The molecule has 17 heavy (non-hydrogen) atoms. The van der Waals surface area contributed by atoms with Crippen LogP contribution in [-0.2, 0) is 4.79 Å². The lowest BCUT2D eigenvalue weighted by Gasteiger charge is -2.14. The summed E-state index contributed by atoms with van der Waals surface area (Å²) >= 11 is 0. The van der Waals surface area contributed by atoms with E-state index in [2.05, 4.69) is 10.4 Å². The van der Waals surface area contributed by atoms with Gasteiger partial charge >= 0.3 is 5.97 Å². The third-order valence-corrected chi connectivity index (χ3v) is 2.40. The van der Waals surface area contributed by atoms with E-state index in [4.69, 9.17) is 5.11 Å². The molecule has 0 amide bonds. The van der Waals surface area contributed by atoms with E-state index in [1.165, 1.54) is 0 Å². The van der Waals surface area contributed by atoms with E-state index in [9.17, 15) is 4.79 Å². The van der Waals surface area contributed by atoms with Gasteiger partial charge in [-0.15, -0.1) is 0 Å². The molecule has 1 heterocycles. The smallest absolute Gasteiger partial charge is 0.325 e. The summed E-state index contributed by atoms with van der Waals surface area (Å²) in [5.74, 6) is -0.889. The lowest BCUT2D eigenvalue weighted by Crippen LogP contribution is -2.26. The molecular formula is C12H13N3O2. The molecule has 2 aromatic rings. The highest BCUT2D eigenvalue weighted by Gasteiger charge is 2.12. The number of aromatic nitrogens is 2. The van der Waals surface area contributed by atoms with Crippen molar-refractivity contribution in [1.82, 2.24) is 9.78 Å². The van der Waals surface area contributed by atoms with Gasteiger partial charge in [-0.25, -0.2) is 4.68 Å². The van der Waals surface area contributed by atoms with Gasteiger partial charge in [0.15, 0.2) is 0 Å². The minimum atomic E-state index is -0.889. The van der Waals surface area contributed by atoms with Gasteiger partial charge in [0.2, 0.25) is 0 Å². The van der Waals surface area contributed by atoms with Gasteiger partial charge in [-0.2, -0.15) is 5.10 Å². The molecule has 0 aliphatic carbocycles. The zero-order valence-electron chi connectivity index (χ0n) is 9.37. The maximum Gasteiger partial charge on any atom is 0.325 e. The molecule has 1 unspecified atom stereocenters. The van der Waals surface area contributed by atoms with Crippen molar-refractivity contribution < 1.29 is 9.90 Å². The Hall–Kier alpha value is -2.30. The van der Waals surface area contributed by atoms with Crippen LogP contribution in [0.1, 0.15) is 6.92 Å². The maximum atomic E-state index is 10.8. The molecule has 0 bridgehead atoms. The highest BCUT2D eigenvalue weighted by molar-refractivity contribution is 5.78. The predicted molar refractivity (Wildman–Crippen MR) is 64.3 cm³/mol. The van der Waals surface area contributed by atoms with Crippen LogP contribution in [0.2, 0.25) is 0 Å². The molecule has 0 spiro atoms. The topological polar surface area (TPSA) is 67.2 Å². The molecule has 1 aromatic carbocycles. The molecule has 0 radical (unpaired) electrons. The first-order chi connectivity index (χ1) is 8.18. The monoisotopic (exact) mass is 231 g/mol. The Bertz CT molecular complexity index is 508. The van der Waals surface area contributed by atoms with Crippen LogP contribution in [0.25, 0.3) is 5.69 Å². The molecular weight excluding hydrogens is 218 g/mol. The number of benzene rings is 1. The number of carboxylic acid groups (broad SMARTS) is 1. The van der Waals surface area contributed by atoms with Gasteiger partial charge < -0.3 is 10.4 Å². The van der Waals surface area contributed by atoms with E-state index >= 15 is 0 Å². The molecule has 1 aromatic heterocycles. The first kappa shape index (κ1) is 11.2. The number of hydrogen-bond acceptors (Lipinski definition) is 3. The van der Waals surface area contributed by atoms with Crippen molar-refractivity contribution in [3.8, 4) is 5.69 Å². The summed E-state index contributed by atoms with van der Waals surface area (Å²) in [5.41, 5.74) is 1.57. The zero-order valence-corrected chi connectivity index (χ0v) is 9.37. The van der Waals surface area contributed by atoms with Crippen LogP contribution in [0.4, 0.5) is 5.69 Å². The molecule has 0 aliphatic rings. The van der Waals surface area contributed by atoms with Gasteiger partial charge in [-0.1, -0.05) is 12.1 Å². The van der Waals surface area contributed by atoms with Gasteiger partial charge in [0.25, 0.3) is 0 Å². The molecule has 0 aliphatic heterocycles. The average molecular weight is 231 g/mol. The third-order valence-electron chi connectivity index (χ3n) is 2.40. The number of hydrogen-bond donors (Lipinski definition) is 2. The molecule has 0 saturated heterocycles. The number of anilines is 1. The normalized spacial score (nSPS) is 12.1. The van der Waals surface area contributed by atoms with E-state index in [0.29, 0.717) is 0 Å². The zero-order chi connectivity index (χ0) is 12.3. The maximum absolute atomic E-state index is 10.8. The number of carboxylic acids is 1. The molecule has 0 saturated carbocycles. The second-order valence-electron chi connectivity index (χ2n) is 3.67. The van der Waals surface area contributed by atoms with Crippen molar-refractivity contribution in [2.45, 2.75) is 13.0 Å². The van der Waals surface area contributed by atoms with Crippen LogP contribution in [0.3, 0.4) is 0 Å². The number of para-hydroxylation sites is 2. The predicted octanol–water partition coefficient (Wildman–Crippen LogP) is 1.76. The minimum absolute atomic E-state index is 0.647. The van der Waals surface area contributed by atoms with Crippen LogP contribution in [0.5, 0.6) is 0 Å². The number of rotatable bonds is 4. The fourth-order valence-corrected chi connectivity index (χ4v) is 1.50. The Morgan fingerprint density at radius 3 is 2.82 bits per heavy atom. The lowest BCUT2D eigenvalue weighted by molar-refractivity contribution is -0.137. The van der Waals surface area contributed by atoms with Crippen molar-refractivity contribution in [2.24, 2.45) is 0 Å². The number of nitrogens with one attached hydrogen (secondary N) is 1. The van der Waals surface area contributed by atoms with Crippen molar-refractivity contribution in [3.63, 3.8) is 0 Å². The van der Waals surface area contributed by atoms with E-state index < -0.39 is 12.0 Å². The molecule has 2 rings (SSSR count). The van der Waals surface area contributed by atoms with Crippen LogP contribution < -0.4 is 5.32 Å². The number of carbonyl (C=O) groups is 1. The first-order valence-corrected chi connectivity index (χ1v) is 5.27. The summed E-state index contributed by atoms with van der Waals surface area (Å²) in [6.45, 7) is 1.60. The number of nitrogens with zero attached hydrogens (tertiary/aromatic N) is 2. The third kappa shape index (κ3) is 2.44. The Balaban J connectivity index is 2.32. The largest absolute Gasteiger partial charge is 0.480 e. The number of aliphatic carboxylic acids is 1. The Morgan fingerprint density at radius 2 is 2.18 bits per heavy atom. The van der Waals surface area contributed by atoms with Crippen LogP contribution in [-0.4, -0.2) is 26.9 Å². The van der Waals surface area contributed by atoms with Crippen molar-refractivity contribution >= 4 is 11.7 Å². The molecule has 88 valence electrons. The van der Waals surface area contributed by atoms with Crippen molar-refractivity contribution in [2.75, 3.05) is 5.32 Å². The summed E-state index contributed by atoms with van der Waals surface area (Å²) in [6, 6.07) is 8.61. The Morgan fingerprint density at radius 1 is 1.41 bits per heavy atom. The second kappa shape index (κ2) is 4.69. The molecule has 1 atom stereocenters. The standard InChI is InChI=1S/C12H13N3O2/c1-9(12(16)17)14-10-5-2-3-6-11(10)15-8-4-7-13-15/h2-9,14H,1H3,(H,16,17). The highest BCUT2D eigenvalue weighted by atomic mass is 16.4. The summed E-state index contributed by atoms with van der Waals surface area (Å²) in [7, 11) is 0. The van der Waals surface area contributed by atoms with Gasteiger partial charge in [0.05, 0.1) is 11.4 Å². The van der Waals surface area contributed by atoms with Gasteiger partial charge in [0.1, 0.15) is 6.04 Å². The molecule has 5 heteroatoms. The van der Waals surface area contributed by atoms with Gasteiger partial charge in [-0.05, 0) is 25.1 Å². The summed E-state index contributed by atoms with van der Waals surface area (Å²) < 4.78 is 1.69. The van der Waals surface area contributed by atoms with Gasteiger partial charge in [0, 0.05) is 12.4 Å². The second-order valence-corrected chi connectivity index (χ2v) is 3.67. The van der Waals surface area contributed by atoms with Crippen molar-refractivity contribution in [1.29, 1.82) is 0 Å². The fourth-order valence-electron chi connectivity index (χ4n) is 1.50. The summed E-state index contributed by atoms with van der Waals surface area (Å²) in [6.07, 6.45) is 3.49. The SMILES string of the molecule is CC(Nc1ccccc1-n1cccn1)C(=O)O. The average Bonchev–Trinajstić information content (AvgIpc) is 2.83.